The SMILES string of the molecule is CCNCc1ccc(-c2ccoc2)cc1F. The van der Waals surface area contributed by atoms with Crippen LogP contribution in [0.3, 0.4) is 0 Å². The Hall–Kier alpha value is -1.61. The lowest BCUT2D eigenvalue weighted by atomic mass is 10.1. The molecule has 16 heavy (non-hydrogen) atoms. The minimum Gasteiger partial charge on any atom is -0.472 e. The zero-order valence-electron chi connectivity index (χ0n) is 9.16. The zero-order valence-corrected chi connectivity index (χ0v) is 9.16. The highest BCUT2D eigenvalue weighted by Gasteiger charge is 2.05. The van der Waals surface area contributed by atoms with E-state index in [9.17, 15) is 4.39 Å². The Morgan fingerprint density at radius 2 is 2.12 bits per heavy atom. The fraction of sp³-hybridized carbons (Fsp3) is 0.231. The molecule has 1 N–H and O–H groups in total. The van der Waals surface area contributed by atoms with Crippen LogP contribution in [0.4, 0.5) is 4.39 Å². The predicted octanol–water partition coefficient (Wildman–Crippen LogP) is 3.20. The predicted molar refractivity (Wildman–Crippen MR) is 61.5 cm³/mol. The molecule has 0 bridgehead atoms. The van der Waals surface area contributed by atoms with Gasteiger partial charge in [0.2, 0.25) is 0 Å². The van der Waals surface area contributed by atoms with Crippen molar-refractivity contribution in [3.8, 4) is 11.1 Å². The van der Waals surface area contributed by atoms with E-state index in [1.807, 2.05) is 19.1 Å². The molecular weight excluding hydrogens is 205 g/mol. The van der Waals surface area contributed by atoms with Crippen LogP contribution in [-0.2, 0) is 6.54 Å². The smallest absolute Gasteiger partial charge is 0.128 e. The van der Waals surface area contributed by atoms with Crippen molar-refractivity contribution in [2.75, 3.05) is 6.54 Å². The van der Waals surface area contributed by atoms with Gasteiger partial charge in [-0.15, -0.1) is 0 Å². The van der Waals surface area contributed by atoms with Crippen LogP contribution < -0.4 is 5.32 Å². The van der Waals surface area contributed by atoms with Gasteiger partial charge in [-0.05, 0) is 24.2 Å². The molecule has 2 aromatic rings. The highest BCUT2D eigenvalue weighted by molar-refractivity contribution is 5.62. The van der Waals surface area contributed by atoms with E-state index < -0.39 is 0 Å². The molecule has 1 aromatic carbocycles. The van der Waals surface area contributed by atoms with Crippen LogP contribution in [0.2, 0.25) is 0 Å². The first-order chi connectivity index (χ1) is 7.81. The van der Waals surface area contributed by atoms with Crippen molar-refractivity contribution >= 4 is 0 Å². The molecule has 0 amide bonds. The fourth-order valence-electron chi connectivity index (χ4n) is 1.56. The van der Waals surface area contributed by atoms with Crippen molar-refractivity contribution in [3.05, 3.63) is 48.2 Å². The average Bonchev–Trinajstić information content (AvgIpc) is 2.81. The minimum atomic E-state index is -0.181. The normalized spacial score (nSPS) is 10.6. The van der Waals surface area contributed by atoms with Gasteiger partial charge in [-0.3, -0.25) is 0 Å². The molecular formula is C13H14FNO. The van der Waals surface area contributed by atoms with E-state index in [0.29, 0.717) is 12.1 Å². The minimum absolute atomic E-state index is 0.181. The van der Waals surface area contributed by atoms with Gasteiger partial charge in [0.05, 0.1) is 12.5 Å². The van der Waals surface area contributed by atoms with Gasteiger partial charge in [-0.25, -0.2) is 4.39 Å². The van der Waals surface area contributed by atoms with E-state index in [1.54, 1.807) is 18.6 Å². The summed E-state index contributed by atoms with van der Waals surface area (Å²) >= 11 is 0. The Morgan fingerprint density at radius 1 is 1.25 bits per heavy atom. The highest BCUT2D eigenvalue weighted by Crippen LogP contribution is 2.22. The number of hydrogen-bond donors (Lipinski definition) is 1. The fourth-order valence-corrected chi connectivity index (χ4v) is 1.56. The second-order valence-corrected chi connectivity index (χ2v) is 3.60. The third-order valence-corrected chi connectivity index (χ3v) is 2.47. The Balaban J connectivity index is 2.23. The maximum atomic E-state index is 13.7. The van der Waals surface area contributed by atoms with E-state index in [1.165, 1.54) is 6.07 Å². The summed E-state index contributed by atoms with van der Waals surface area (Å²) in [7, 11) is 0. The molecule has 2 nitrogen and oxygen atoms in total. The van der Waals surface area contributed by atoms with Crippen LogP contribution in [0.25, 0.3) is 11.1 Å². The lowest BCUT2D eigenvalue weighted by Gasteiger charge is -2.05. The van der Waals surface area contributed by atoms with Crippen LogP contribution >= 0.6 is 0 Å². The quantitative estimate of drug-likeness (QED) is 0.854. The van der Waals surface area contributed by atoms with Gasteiger partial charge in [0.15, 0.2) is 0 Å². The first-order valence-corrected chi connectivity index (χ1v) is 5.33. The van der Waals surface area contributed by atoms with Gasteiger partial charge in [-0.1, -0.05) is 19.1 Å². The molecule has 0 aliphatic carbocycles. The molecule has 84 valence electrons. The molecule has 2 rings (SSSR count). The Morgan fingerprint density at radius 3 is 2.75 bits per heavy atom. The Bertz CT molecular complexity index is 451. The third kappa shape index (κ3) is 2.31. The standard InChI is InChI=1S/C13H14FNO/c1-2-15-8-11-4-3-10(7-13(11)14)12-5-6-16-9-12/h3-7,9,15H,2,8H2,1H3. The highest BCUT2D eigenvalue weighted by atomic mass is 19.1. The van der Waals surface area contributed by atoms with E-state index in [4.69, 9.17) is 4.42 Å². The molecule has 0 spiro atoms. The number of rotatable bonds is 4. The number of halogens is 1. The molecule has 0 atom stereocenters. The van der Waals surface area contributed by atoms with Crippen LogP contribution in [-0.4, -0.2) is 6.54 Å². The van der Waals surface area contributed by atoms with Crippen molar-refractivity contribution in [2.24, 2.45) is 0 Å². The third-order valence-electron chi connectivity index (χ3n) is 2.47. The Kier molecular flexibility index (Phi) is 3.37. The molecule has 1 heterocycles. The van der Waals surface area contributed by atoms with Gasteiger partial charge in [0.1, 0.15) is 5.82 Å². The number of benzene rings is 1. The number of furan rings is 1. The molecule has 3 heteroatoms. The zero-order chi connectivity index (χ0) is 11.4. The summed E-state index contributed by atoms with van der Waals surface area (Å²) in [5, 5.41) is 3.10. The van der Waals surface area contributed by atoms with Crippen LogP contribution in [0.5, 0.6) is 0 Å². The largest absolute Gasteiger partial charge is 0.472 e. The van der Waals surface area contributed by atoms with Gasteiger partial charge in [0, 0.05) is 17.7 Å². The summed E-state index contributed by atoms with van der Waals surface area (Å²) < 4.78 is 18.7. The average molecular weight is 219 g/mol. The lowest BCUT2D eigenvalue weighted by molar-refractivity contribution is 0.568. The molecule has 0 saturated heterocycles. The second kappa shape index (κ2) is 4.94. The van der Waals surface area contributed by atoms with Crippen LogP contribution in [0.15, 0.2) is 41.2 Å². The second-order valence-electron chi connectivity index (χ2n) is 3.60. The molecule has 0 aliphatic rings. The summed E-state index contributed by atoms with van der Waals surface area (Å²) in [6, 6.07) is 7.07. The van der Waals surface area contributed by atoms with Crippen molar-refractivity contribution in [3.63, 3.8) is 0 Å². The molecule has 0 aliphatic heterocycles. The van der Waals surface area contributed by atoms with Crippen molar-refractivity contribution in [2.45, 2.75) is 13.5 Å². The topological polar surface area (TPSA) is 25.2 Å². The first kappa shape index (κ1) is 10.9. The molecule has 0 radical (unpaired) electrons. The van der Waals surface area contributed by atoms with Crippen LogP contribution in [0, 0.1) is 5.82 Å². The molecule has 0 unspecified atom stereocenters. The van der Waals surface area contributed by atoms with Gasteiger partial charge < -0.3 is 9.73 Å². The number of hydrogen-bond acceptors (Lipinski definition) is 2. The molecule has 0 saturated carbocycles. The summed E-state index contributed by atoms with van der Waals surface area (Å²) in [5.41, 5.74) is 2.43. The molecule has 1 aromatic heterocycles. The van der Waals surface area contributed by atoms with E-state index in [0.717, 1.165) is 17.7 Å². The van der Waals surface area contributed by atoms with Gasteiger partial charge in [0.25, 0.3) is 0 Å². The van der Waals surface area contributed by atoms with Crippen LogP contribution in [0.1, 0.15) is 12.5 Å². The van der Waals surface area contributed by atoms with E-state index in [2.05, 4.69) is 5.32 Å². The van der Waals surface area contributed by atoms with E-state index in [-0.39, 0.29) is 5.82 Å². The molecule has 0 fully saturated rings. The maximum absolute atomic E-state index is 13.7. The summed E-state index contributed by atoms with van der Waals surface area (Å²) in [4.78, 5) is 0. The van der Waals surface area contributed by atoms with Gasteiger partial charge >= 0.3 is 0 Å². The Labute approximate surface area is 94.1 Å². The van der Waals surface area contributed by atoms with Crippen molar-refractivity contribution in [1.82, 2.24) is 5.32 Å². The van der Waals surface area contributed by atoms with Gasteiger partial charge in [-0.2, -0.15) is 0 Å². The summed E-state index contributed by atoms with van der Waals surface area (Å²) in [6.07, 6.45) is 3.19. The summed E-state index contributed by atoms with van der Waals surface area (Å²) in [5.74, 6) is -0.181. The lowest BCUT2D eigenvalue weighted by Crippen LogP contribution is -2.12. The van der Waals surface area contributed by atoms with E-state index >= 15 is 0 Å². The maximum Gasteiger partial charge on any atom is 0.128 e. The van der Waals surface area contributed by atoms with Crippen molar-refractivity contribution in [1.29, 1.82) is 0 Å². The van der Waals surface area contributed by atoms with Crippen molar-refractivity contribution < 1.29 is 8.81 Å². The summed E-state index contributed by atoms with van der Waals surface area (Å²) in [6.45, 7) is 3.40. The monoisotopic (exact) mass is 219 g/mol. The number of nitrogens with one attached hydrogen (secondary N) is 1. The first-order valence-electron chi connectivity index (χ1n) is 5.33.